The van der Waals surface area contributed by atoms with E-state index in [9.17, 15) is 0 Å². The highest BCUT2D eigenvalue weighted by Gasteiger charge is 2.11. The van der Waals surface area contributed by atoms with Crippen molar-refractivity contribution in [2.24, 2.45) is 5.73 Å². The minimum atomic E-state index is 0.0640. The Kier molecular flexibility index (Phi) is 5.27. The van der Waals surface area contributed by atoms with Crippen molar-refractivity contribution >= 4 is 11.6 Å². The number of ether oxygens (including phenoxy) is 1. The highest BCUT2D eigenvalue weighted by atomic mass is 35.5. The van der Waals surface area contributed by atoms with Gasteiger partial charge in [0, 0.05) is 6.04 Å². The van der Waals surface area contributed by atoms with Gasteiger partial charge in [0.2, 0.25) is 0 Å². The van der Waals surface area contributed by atoms with E-state index in [0.717, 1.165) is 17.7 Å². The first kappa shape index (κ1) is 15.9. The predicted octanol–water partition coefficient (Wildman–Crippen LogP) is 5.15. The molecule has 0 aliphatic heterocycles. The summed E-state index contributed by atoms with van der Waals surface area (Å²) in [4.78, 5) is 0. The lowest BCUT2D eigenvalue weighted by atomic mass is 10.0. The van der Waals surface area contributed by atoms with Crippen LogP contribution in [-0.2, 0) is 6.42 Å². The molecule has 0 heterocycles. The minimum absolute atomic E-state index is 0.0640. The molecule has 0 amide bonds. The third-order valence-corrected chi connectivity index (χ3v) is 3.65. The summed E-state index contributed by atoms with van der Waals surface area (Å²) < 4.78 is 5.99. The normalized spacial score (nSPS) is 12.5. The van der Waals surface area contributed by atoms with Crippen LogP contribution < -0.4 is 10.5 Å². The Morgan fingerprint density at radius 2 is 1.71 bits per heavy atom. The molecule has 0 spiro atoms. The maximum Gasteiger partial charge on any atom is 0.149 e. The summed E-state index contributed by atoms with van der Waals surface area (Å²) in [7, 11) is 0. The second kappa shape index (κ2) is 6.97. The highest BCUT2D eigenvalue weighted by molar-refractivity contribution is 6.32. The van der Waals surface area contributed by atoms with Crippen LogP contribution in [0.2, 0.25) is 5.02 Å². The Bertz CT molecular complexity index is 591. The van der Waals surface area contributed by atoms with Gasteiger partial charge in [-0.25, -0.2) is 0 Å². The average molecular weight is 304 g/mol. The zero-order valence-electron chi connectivity index (χ0n) is 12.8. The molecular formula is C18H22ClNO. The molecule has 0 radical (unpaired) electrons. The van der Waals surface area contributed by atoms with Crippen molar-refractivity contribution in [3.8, 4) is 11.5 Å². The summed E-state index contributed by atoms with van der Waals surface area (Å²) in [5, 5.41) is 0.612. The van der Waals surface area contributed by atoms with Gasteiger partial charge in [0.05, 0.1) is 5.02 Å². The Morgan fingerprint density at radius 3 is 2.29 bits per heavy atom. The minimum Gasteiger partial charge on any atom is -0.456 e. The van der Waals surface area contributed by atoms with E-state index in [1.165, 1.54) is 5.56 Å². The molecule has 1 unspecified atom stereocenters. The Balaban J connectivity index is 2.26. The Morgan fingerprint density at radius 1 is 1.05 bits per heavy atom. The van der Waals surface area contributed by atoms with Crippen molar-refractivity contribution in [1.82, 2.24) is 0 Å². The van der Waals surface area contributed by atoms with Crippen molar-refractivity contribution in [3.05, 3.63) is 58.6 Å². The van der Waals surface area contributed by atoms with Gasteiger partial charge in [-0.15, -0.1) is 0 Å². The largest absolute Gasteiger partial charge is 0.456 e. The van der Waals surface area contributed by atoms with Crippen LogP contribution in [0.1, 0.15) is 37.8 Å². The number of halogens is 1. The fraction of sp³-hybridized carbons (Fsp3) is 0.333. The number of rotatable bonds is 5. The van der Waals surface area contributed by atoms with Gasteiger partial charge < -0.3 is 10.5 Å². The van der Waals surface area contributed by atoms with Gasteiger partial charge >= 0.3 is 0 Å². The monoisotopic (exact) mass is 303 g/mol. The first-order valence-corrected chi connectivity index (χ1v) is 7.66. The van der Waals surface area contributed by atoms with Crippen LogP contribution in [0.4, 0.5) is 0 Å². The Labute approximate surface area is 131 Å². The van der Waals surface area contributed by atoms with Gasteiger partial charge in [-0.3, -0.25) is 0 Å². The fourth-order valence-corrected chi connectivity index (χ4v) is 2.45. The number of hydrogen-bond donors (Lipinski definition) is 1. The highest BCUT2D eigenvalue weighted by Crippen LogP contribution is 2.34. The molecule has 112 valence electrons. The molecule has 3 heteroatoms. The number of hydrogen-bond acceptors (Lipinski definition) is 2. The molecule has 2 aromatic rings. The Hall–Kier alpha value is -1.51. The number of para-hydroxylation sites is 1. The van der Waals surface area contributed by atoms with Crippen LogP contribution in [0.3, 0.4) is 0 Å². The molecule has 0 bridgehead atoms. The van der Waals surface area contributed by atoms with Gasteiger partial charge in [0.1, 0.15) is 11.5 Å². The molecular weight excluding hydrogens is 282 g/mol. The molecule has 0 fully saturated rings. The van der Waals surface area contributed by atoms with E-state index in [1.54, 1.807) is 0 Å². The molecule has 2 N–H and O–H groups in total. The summed E-state index contributed by atoms with van der Waals surface area (Å²) in [5.74, 6) is 2.00. The van der Waals surface area contributed by atoms with E-state index < -0.39 is 0 Å². The van der Waals surface area contributed by atoms with Gasteiger partial charge in [-0.05, 0) is 48.6 Å². The first-order chi connectivity index (χ1) is 9.97. The fourth-order valence-electron chi connectivity index (χ4n) is 2.21. The van der Waals surface area contributed by atoms with Crippen molar-refractivity contribution in [3.63, 3.8) is 0 Å². The smallest absolute Gasteiger partial charge is 0.149 e. The van der Waals surface area contributed by atoms with Crippen LogP contribution in [0.5, 0.6) is 11.5 Å². The van der Waals surface area contributed by atoms with E-state index in [4.69, 9.17) is 22.1 Å². The SMILES string of the molecule is CC(N)Cc1cccc(Cl)c1Oc1ccc(C(C)C)cc1. The van der Waals surface area contributed by atoms with Crippen molar-refractivity contribution in [2.75, 3.05) is 0 Å². The van der Waals surface area contributed by atoms with Crippen LogP contribution in [0.15, 0.2) is 42.5 Å². The topological polar surface area (TPSA) is 35.2 Å². The zero-order chi connectivity index (χ0) is 15.4. The van der Waals surface area contributed by atoms with Gasteiger partial charge in [0.25, 0.3) is 0 Å². The zero-order valence-corrected chi connectivity index (χ0v) is 13.5. The second-order valence-electron chi connectivity index (χ2n) is 5.74. The van der Waals surface area contributed by atoms with E-state index in [2.05, 4.69) is 26.0 Å². The summed E-state index contributed by atoms with van der Waals surface area (Å²) in [6.07, 6.45) is 0.736. The predicted molar refractivity (Wildman–Crippen MR) is 89.4 cm³/mol. The van der Waals surface area contributed by atoms with E-state index in [1.807, 2.05) is 37.3 Å². The van der Waals surface area contributed by atoms with Crippen molar-refractivity contribution in [2.45, 2.75) is 39.2 Å². The molecule has 0 saturated heterocycles. The molecule has 2 nitrogen and oxygen atoms in total. The molecule has 0 aromatic heterocycles. The number of nitrogens with two attached hydrogens (primary N) is 1. The summed E-state index contributed by atoms with van der Waals surface area (Å²) in [6.45, 7) is 6.32. The summed E-state index contributed by atoms with van der Waals surface area (Å²) in [6, 6.07) is 14.0. The summed E-state index contributed by atoms with van der Waals surface area (Å²) >= 11 is 6.28. The van der Waals surface area contributed by atoms with Crippen molar-refractivity contribution in [1.29, 1.82) is 0 Å². The van der Waals surface area contributed by atoms with Gasteiger partial charge in [-0.2, -0.15) is 0 Å². The quantitative estimate of drug-likeness (QED) is 0.829. The lowest BCUT2D eigenvalue weighted by molar-refractivity contribution is 0.474. The maximum atomic E-state index is 6.28. The van der Waals surface area contributed by atoms with E-state index in [-0.39, 0.29) is 6.04 Å². The number of benzene rings is 2. The van der Waals surface area contributed by atoms with Gasteiger partial charge in [0.15, 0.2) is 0 Å². The van der Waals surface area contributed by atoms with Crippen molar-refractivity contribution < 1.29 is 4.74 Å². The van der Waals surface area contributed by atoms with Gasteiger partial charge in [-0.1, -0.05) is 49.7 Å². The molecule has 0 aliphatic rings. The van der Waals surface area contributed by atoms with Crippen LogP contribution in [0, 0.1) is 0 Å². The lowest BCUT2D eigenvalue weighted by Crippen LogP contribution is -2.18. The average Bonchev–Trinajstić information content (AvgIpc) is 2.42. The maximum absolute atomic E-state index is 6.28. The second-order valence-corrected chi connectivity index (χ2v) is 6.14. The molecule has 2 rings (SSSR count). The van der Waals surface area contributed by atoms with Crippen LogP contribution >= 0.6 is 11.6 Å². The standard InChI is InChI=1S/C18H22ClNO/c1-12(2)14-7-9-16(10-8-14)21-18-15(11-13(3)20)5-4-6-17(18)19/h4-10,12-13H,11,20H2,1-3H3. The third-order valence-electron chi connectivity index (χ3n) is 3.36. The molecule has 0 saturated carbocycles. The molecule has 0 aliphatic carbocycles. The molecule has 1 atom stereocenters. The molecule has 2 aromatic carbocycles. The van der Waals surface area contributed by atoms with Crippen LogP contribution in [0.25, 0.3) is 0 Å². The van der Waals surface area contributed by atoms with Crippen LogP contribution in [-0.4, -0.2) is 6.04 Å². The third kappa shape index (κ3) is 4.23. The first-order valence-electron chi connectivity index (χ1n) is 7.28. The van der Waals surface area contributed by atoms with E-state index in [0.29, 0.717) is 16.7 Å². The van der Waals surface area contributed by atoms with E-state index >= 15 is 0 Å². The summed E-state index contributed by atoms with van der Waals surface area (Å²) in [5.41, 5.74) is 8.21. The lowest BCUT2D eigenvalue weighted by Gasteiger charge is -2.15. The molecule has 21 heavy (non-hydrogen) atoms.